The monoisotopic (exact) mass is 222 g/mol. The number of anilines is 1. The number of hydrogen-bond acceptors (Lipinski definition) is 2. The van der Waals surface area contributed by atoms with Crippen LogP contribution in [0.2, 0.25) is 0 Å². The predicted octanol–water partition coefficient (Wildman–Crippen LogP) is 1.81. The molecule has 1 aromatic carbocycles. The molecule has 1 aliphatic carbocycles. The lowest BCUT2D eigenvalue weighted by Gasteiger charge is -2.13. The van der Waals surface area contributed by atoms with Gasteiger partial charge in [0.1, 0.15) is 5.82 Å². The maximum atomic E-state index is 13.1. The quantitative estimate of drug-likeness (QED) is 0.819. The molecule has 0 aromatic heterocycles. The van der Waals surface area contributed by atoms with Crippen LogP contribution in [0.5, 0.6) is 0 Å². The highest BCUT2D eigenvalue weighted by molar-refractivity contribution is 5.97. The highest BCUT2D eigenvalue weighted by atomic mass is 19.1. The molecule has 0 atom stereocenters. The fourth-order valence-corrected chi connectivity index (χ4v) is 1.75. The van der Waals surface area contributed by atoms with Crippen molar-refractivity contribution in [2.75, 3.05) is 11.9 Å². The van der Waals surface area contributed by atoms with Gasteiger partial charge < -0.3 is 11.1 Å². The van der Waals surface area contributed by atoms with Gasteiger partial charge >= 0.3 is 0 Å². The van der Waals surface area contributed by atoms with Crippen LogP contribution in [0.3, 0.4) is 0 Å². The first-order valence-electron chi connectivity index (χ1n) is 5.34. The number of carbonyl (C=O) groups is 1. The van der Waals surface area contributed by atoms with E-state index < -0.39 is 5.41 Å². The Labute approximate surface area is 93.8 Å². The minimum Gasteiger partial charge on any atom is -0.329 e. The number of hydrogen-bond donors (Lipinski definition) is 2. The van der Waals surface area contributed by atoms with E-state index in [2.05, 4.69) is 5.32 Å². The van der Waals surface area contributed by atoms with Crippen LogP contribution in [0.4, 0.5) is 10.1 Å². The SMILES string of the molecule is Cc1cc(F)cc(NC(=O)C2(CN)CC2)c1. The van der Waals surface area contributed by atoms with E-state index in [-0.39, 0.29) is 11.7 Å². The largest absolute Gasteiger partial charge is 0.329 e. The number of benzene rings is 1. The number of halogens is 1. The van der Waals surface area contributed by atoms with Crippen molar-refractivity contribution < 1.29 is 9.18 Å². The maximum absolute atomic E-state index is 13.1. The standard InChI is InChI=1S/C12H15FN2O/c1-8-4-9(13)6-10(5-8)15-11(16)12(7-14)2-3-12/h4-6H,2-3,7,14H2,1H3,(H,15,16). The van der Waals surface area contributed by atoms with Gasteiger partial charge in [-0.2, -0.15) is 0 Å². The summed E-state index contributed by atoms with van der Waals surface area (Å²) >= 11 is 0. The first-order valence-corrected chi connectivity index (χ1v) is 5.34. The summed E-state index contributed by atoms with van der Waals surface area (Å²) in [5.74, 6) is -0.437. The van der Waals surface area contributed by atoms with Crippen molar-refractivity contribution in [2.45, 2.75) is 19.8 Å². The van der Waals surface area contributed by atoms with Crippen LogP contribution in [0, 0.1) is 18.2 Å². The predicted molar refractivity (Wildman–Crippen MR) is 60.5 cm³/mol. The number of nitrogens with two attached hydrogens (primary N) is 1. The normalized spacial score (nSPS) is 16.9. The van der Waals surface area contributed by atoms with E-state index in [9.17, 15) is 9.18 Å². The van der Waals surface area contributed by atoms with Crippen molar-refractivity contribution in [2.24, 2.45) is 11.1 Å². The molecule has 86 valence electrons. The Hall–Kier alpha value is -1.42. The lowest BCUT2D eigenvalue weighted by atomic mass is 10.1. The van der Waals surface area contributed by atoms with E-state index in [1.807, 2.05) is 0 Å². The molecule has 4 heteroatoms. The second-order valence-corrected chi connectivity index (χ2v) is 4.46. The van der Waals surface area contributed by atoms with Gasteiger partial charge in [0, 0.05) is 12.2 Å². The van der Waals surface area contributed by atoms with Crippen LogP contribution in [-0.4, -0.2) is 12.5 Å². The number of nitrogens with one attached hydrogen (secondary N) is 1. The lowest BCUT2D eigenvalue weighted by molar-refractivity contribution is -0.120. The zero-order valence-corrected chi connectivity index (χ0v) is 9.22. The summed E-state index contributed by atoms with van der Waals surface area (Å²) in [5, 5.41) is 2.72. The third-order valence-electron chi connectivity index (χ3n) is 3.03. The van der Waals surface area contributed by atoms with Crippen molar-refractivity contribution in [3.05, 3.63) is 29.6 Å². The van der Waals surface area contributed by atoms with Crippen molar-refractivity contribution in [1.82, 2.24) is 0 Å². The molecule has 0 saturated heterocycles. The smallest absolute Gasteiger partial charge is 0.231 e. The van der Waals surface area contributed by atoms with Gasteiger partial charge in [-0.1, -0.05) is 0 Å². The summed E-state index contributed by atoms with van der Waals surface area (Å²) in [7, 11) is 0. The molecule has 1 saturated carbocycles. The van der Waals surface area contributed by atoms with Crippen molar-refractivity contribution in [3.63, 3.8) is 0 Å². The van der Waals surface area contributed by atoms with Crippen molar-refractivity contribution >= 4 is 11.6 Å². The molecule has 1 aromatic rings. The lowest BCUT2D eigenvalue weighted by Crippen LogP contribution is -2.30. The third kappa shape index (κ3) is 2.07. The fraction of sp³-hybridized carbons (Fsp3) is 0.417. The number of rotatable bonds is 3. The Morgan fingerprint density at radius 1 is 1.50 bits per heavy atom. The van der Waals surface area contributed by atoms with Crippen LogP contribution in [0.15, 0.2) is 18.2 Å². The molecule has 0 spiro atoms. The Kier molecular flexibility index (Phi) is 2.68. The summed E-state index contributed by atoms with van der Waals surface area (Å²) in [6, 6.07) is 4.48. The second kappa shape index (κ2) is 3.87. The second-order valence-electron chi connectivity index (χ2n) is 4.46. The molecule has 0 unspecified atom stereocenters. The zero-order chi connectivity index (χ0) is 11.8. The van der Waals surface area contributed by atoms with Crippen LogP contribution in [0.1, 0.15) is 18.4 Å². The molecular formula is C12H15FN2O. The van der Waals surface area contributed by atoms with Gasteiger partial charge in [-0.3, -0.25) is 4.79 Å². The minimum atomic E-state index is -0.403. The van der Waals surface area contributed by atoms with E-state index in [0.717, 1.165) is 18.4 Å². The Balaban J connectivity index is 2.12. The van der Waals surface area contributed by atoms with Gasteiger partial charge in [-0.15, -0.1) is 0 Å². The number of amides is 1. The summed E-state index contributed by atoms with van der Waals surface area (Å²) in [4.78, 5) is 11.8. The molecular weight excluding hydrogens is 207 g/mol. The average molecular weight is 222 g/mol. The van der Waals surface area contributed by atoms with Gasteiger partial charge in [0.15, 0.2) is 0 Å². The topological polar surface area (TPSA) is 55.1 Å². The molecule has 2 rings (SSSR count). The van der Waals surface area contributed by atoms with E-state index in [0.29, 0.717) is 12.2 Å². The number of carbonyl (C=O) groups excluding carboxylic acids is 1. The maximum Gasteiger partial charge on any atom is 0.231 e. The van der Waals surface area contributed by atoms with Gasteiger partial charge in [0.05, 0.1) is 5.41 Å². The van der Waals surface area contributed by atoms with E-state index in [1.54, 1.807) is 13.0 Å². The van der Waals surface area contributed by atoms with E-state index in [1.165, 1.54) is 12.1 Å². The Morgan fingerprint density at radius 2 is 2.19 bits per heavy atom. The van der Waals surface area contributed by atoms with Crippen LogP contribution >= 0.6 is 0 Å². The minimum absolute atomic E-state index is 0.0972. The number of aryl methyl sites for hydroxylation is 1. The molecule has 1 fully saturated rings. The highest BCUT2D eigenvalue weighted by Gasteiger charge is 2.48. The summed E-state index contributed by atoms with van der Waals surface area (Å²) in [6.07, 6.45) is 1.65. The summed E-state index contributed by atoms with van der Waals surface area (Å²) in [6.45, 7) is 2.14. The molecule has 0 heterocycles. The van der Waals surface area contributed by atoms with Gasteiger partial charge in [0.2, 0.25) is 5.91 Å². The van der Waals surface area contributed by atoms with Crippen LogP contribution in [0.25, 0.3) is 0 Å². The van der Waals surface area contributed by atoms with Gasteiger partial charge in [-0.05, 0) is 43.5 Å². The summed E-state index contributed by atoms with van der Waals surface area (Å²) in [5.41, 5.74) is 6.43. The molecule has 16 heavy (non-hydrogen) atoms. The molecule has 0 radical (unpaired) electrons. The Bertz CT molecular complexity index is 407. The van der Waals surface area contributed by atoms with Gasteiger partial charge in [-0.25, -0.2) is 4.39 Å². The van der Waals surface area contributed by atoms with Crippen LogP contribution < -0.4 is 11.1 Å². The highest BCUT2D eigenvalue weighted by Crippen LogP contribution is 2.45. The van der Waals surface area contributed by atoms with Crippen LogP contribution in [-0.2, 0) is 4.79 Å². The molecule has 1 amide bonds. The molecule has 1 aliphatic rings. The molecule has 3 nitrogen and oxygen atoms in total. The van der Waals surface area contributed by atoms with Crippen molar-refractivity contribution in [3.8, 4) is 0 Å². The van der Waals surface area contributed by atoms with E-state index >= 15 is 0 Å². The first-order chi connectivity index (χ1) is 7.55. The third-order valence-corrected chi connectivity index (χ3v) is 3.03. The summed E-state index contributed by atoms with van der Waals surface area (Å²) < 4.78 is 13.1. The zero-order valence-electron chi connectivity index (χ0n) is 9.22. The van der Waals surface area contributed by atoms with Gasteiger partial charge in [0.25, 0.3) is 0 Å². The first kappa shape index (κ1) is 11.1. The molecule has 0 aliphatic heterocycles. The Morgan fingerprint density at radius 3 is 2.69 bits per heavy atom. The average Bonchev–Trinajstić information content (AvgIpc) is 2.96. The fourth-order valence-electron chi connectivity index (χ4n) is 1.75. The molecule has 3 N–H and O–H groups in total. The van der Waals surface area contributed by atoms with Crippen molar-refractivity contribution in [1.29, 1.82) is 0 Å². The molecule has 0 bridgehead atoms. The van der Waals surface area contributed by atoms with E-state index in [4.69, 9.17) is 5.73 Å².